The molecule has 1 saturated heterocycles. The zero-order valence-electron chi connectivity index (χ0n) is 14.6. The van der Waals surface area contributed by atoms with E-state index in [4.69, 9.17) is 0 Å². The number of amides is 1. The monoisotopic (exact) mass is 371 g/mol. The third-order valence-electron chi connectivity index (χ3n) is 4.41. The van der Waals surface area contributed by atoms with E-state index in [2.05, 4.69) is 36.1 Å². The number of anilines is 1. The van der Waals surface area contributed by atoms with Crippen LogP contribution >= 0.6 is 11.8 Å². The molecule has 0 unspecified atom stereocenters. The van der Waals surface area contributed by atoms with Crippen molar-refractivity contribution in [1.29, 1.82) is 0 Å². The number of nitrogens with zero attached hydrogens (tertiary/aromatic N) is 3. The second kappa shape index (κ2) is 8.23. The first-order valence-electron chi connectivity index (χ1n) is 8.49. The van der Waals surface area contributed by atoms with Gasteiger partial charge < -0.3 is 9.80 Å². The van der Waals surface area contributed by atoms with E-state index in [0.29, 0.717) is 18.8 Å². The predicted molar refractivity (Wildman–Crippen MR) is 104 cm³/mol. The fourth-order valence-electron chi connectivity index (χ4n) is 2.94. The Morgan fingerprint density at radius 1 is 1.12 bits per heavy atom. The number of aryl methyl sites for hydroxylation is 1. The topological polar surface area (TPSA) is 66.7 Å². The standard InChI is InChI=1S/C19H21N3O3S/c1-15-3-2-4-17(13-15)20-9-11-21(12-10-20)19(23)14-26-18-7-5-16(6-8-18)22(24)25/h2-8,13H,9-12,14H2,1H3. The third kappa shape index (κ3) is 4.54. The van der Waals surface area contributed by atoms with Crippen molar-refractivity contribution in [3.05, 3.63) is 64.2 Å². The molecule has 2 aromatic carbocycles. The smallest absolute Gasteiger partial charge is 0.269 e. The van der Waals surface area contributed by atoms with Gasteiger partial charge in [0.15, 0.2) is 0 Å². The molecule has 7 heteroatoms. The van der Waals surface area contributed by atoms with Crippen LogP contribution in [0.3, 0.4) is 0 Å². The molecule has 1 amide bonds. The molecule has 136 valence electrons. The van der Waals surface area contributed by atoms with Gasteiger partial charge in [-0.3, -0.25) is 14.9 Å². The Hall–Kier alpha value is -2.54. The van der Waals surface area contributed by atoms with Gasteiger partial charge in [0.05, 0.1) is 10.7 Å². The van der Waals surface area contributed by atoms with E-state index < -0.39 is 4.92 Å². The number of non-ortho nitro benzene ring substituents is 1. The number of hydrogen-bond acceptors (Lipinski definition) is 5. The highest BCUT2D eigenvalue weighted by Crippen LogP contribution is 2.22. The molecule has 0 radical (unpaired) electrons. The van der Waals surface area contributed by atoms with E-state index in [9.17, 15) is 14.9 Å². The molecule has 1 fully saturated rings. The summed E-state index contributed by atoms with van der Waals surface area (Å²) in [5.74, 6) is 0.458. The van der Waals surface area contributed by atoms with E-state index in [1.165, 1.54) is 35.1 Å². The molecule has 0 bridgehead atoms. The quantitative estimate of drug-likeness (QED) is 0.458. The Labute approximate surface area is 156 Å². The van der Waals surface area contributed by atoms with Gasteiger partial charge in [-0.25, -0.2) is 0 Å². The lowest BCUT2D eigenvalue weighted by atomic mass is 10.2. The van der Waals surface area contributed by atoms with Gasteiger partial charge in [-0.05, 0) is 36.8 Å². The van der Waals surface area contributed by atoms with Crippen molar-refractivity contribution in [2.75, 3.05) is 36.8 Å². The lowest BCUT2D eigenvalue weighted by molar-refractivity contribution is -0.384. The first-order chi connectivity index (χ1) is 12.5. The van der Waals surface area contributed by atoms with Crippen LogP contribution in [0.4, 0.5) is 11.4 Å². The van der Waals surface area contributed by atoms with Crippen LogP contribution < -0.4 is 4.90 Å². The normalized spacial score (nSPS) is 14.3. The molecular weight excluding hydrogens is 350 g/mol. The van der Waals surface area contributed by atoms with Gasteiger partial charge in [-0.2, -0.15) is 0 Å². The van der Waals surface area contributed by atoms with Crippen LogP contribution in [-0.4, -0.2) is 47.7 Å². The number of nitro groups is 1. The Morgan fingerprint density at radius 3 is 2.42 bits per heavy atom. The number of hydrogen-bond donors (Lipinski definition) is 0. The summed E-state index contributed by atoms with van der Waals surface area (Å²) in [6.07, 6.45) is 0. The average Bonchev–Trinajstić information content (AvgIpc) is 2.66. The molecule has 26 heavy (non-hydrogen) atoms. The molecule has 3 rings (SSSR count). The summed E-state index contributed by atoms with van der Waals surface area (Å²) in [4.78, 5) is 27.7. The summed E-state index contributed by atoms with van der Waals surface area (Å²) in [6, 6.07) is 14.7. The van der Waals surface area contributed by atoms with E-state index in [1.807, 2.05) is 4.90 Å². The van der Waals surface area contributed by atoms with Crippen molar-refractivity contribution in [3.8, 4) is 0 Å². The van der Waals surface area contributed by atoms with Crippen molar-refractivity contribution in [2.24, 2.45) is 0 Å². The van der Waals surface area contributed by atoms with E-state index in [0.717, 1.165) is 18.0 Å². The molecule has 0 aromatic heterocycles. The molecule has 2 aromatic rings. The number of thioether (sulfide) groups is 1. The van der Waals surface area contributed by atoms with Crippen LogP contribution in [0.5, 0.6) is 0 Å². The van der Waals surface area contributed by atoms with Crippen molar-refractivity contribution in [3.63, 3.8) is 0 Å². The molecule has 0 N–H and O–H groups in total. The zero-order chi connectivity index (χ0) is 18.5. The Balaban J connectivity index is 1.48. The molecule has 1 aliphatic rings. The highest BCUT2D eigenvalue weighted by molar-refractivity contribution is 8.00. The summed E-state index contributed by atoms with van der Waals surface area (Å²) < 4.78 is 0. The minimum atomic E-state index is -0.423. The molecule has 0 spiro atoms. The van der Waals surface area contributed by atoms with Crippen LogP contribution in [0.1, 0.15) is 5.56 Å². The summed E-state index contributed by atoms with van der Waals surface area (Å²) in [5, 5.41) is 10.7. The number of carbonyl (C=O) groups excluding carboxylic acids is 1. The highest BCUT2D eigenvalue weighted by atomic mass is 32.2. The lowest BCUT2D eigenvalue weighted by Crippen LogP contribution is -2.49. The predicted octanol–water partition coefficient (Wildman–Crippen LogP) is 3.34. The number of nitro benzene ring substituents is 1. The van der Waals surface area contributed by atoms with Crippen LogP contribution in [0.25, 0.3) is 0 Å². The summed E-state index contributed by atoms with van der Waals surface area (Å²) >= 11 is 1.41. The minimum absolute atomic E-state index is 0.0629. The molecule has 1 heterocycles. The lowest BCUT2D eigenvalue weighted by Gasteiger charge is -2.36. The van der Waals surface area contributed by atoms with Gasteiger partial charge in [-0.15, -0.1) is 11.8 Å². The second-order valence-electron chi connectivity index (χ2n) is 6.25. The van der Waals surface area contributed by atoms with E-state index >= 15 is 0 Å². The number of carbonyl (C=O) groups is 1. The molecule has 0 aliphatic carbocycles. The van der Waals surface area contributed by atoms with E-state index in [-0.39, 0.29) is 11.6 Å². The Morgan fingerprint density at radius 2 is 1.81 bits per heavy atom. The minimum Gasteiger partial charge on any atom is -0.368 e. The van der Waals surface area contributed by atoms with Crippen molar-refractivity contribution in [2.45, 2.75) is 11.8 Å². The number of rotatable bonds is 5. The SMILES string of the molecule is Cc1cccc(N2CCN(C(=O)CSc3ccc([N+](=O)[O-])cc3)CC2)c1. The first kappa shape index (κ1) is 18.3. The number of benzene rings is 2. The largest absolute Gasteiger partial charge is 0.368 e. The molecule has 0 saturated carbocycles. The van der Waals surface area contributed by atoms with Crippen LogP contribution in [0.2, 0.25) is 0 Å². The zero-order valence-corrected chi connectivity index (χ0v) is 15.4. The average molecular weight is 371 g/mol. The van der Waals surface area contributed by atoms with Crippen molar-refractivity contribution in [1.82, 2.24) is 4.90 Å². The van der Waals surface area contributed by atoms with Gasteiger partial charge >= 0.3 is 0 Å². The summed E-state index contributed by atoms with van der Waals surface area (Å²) in [6.45, 7) is 5.18. The first-order valence-corrected chi connectivity index (χ1v) is 9.48. The maximum atomic E-state index is 12.4. The second-order valence-corrected chi connectivity index (χ2v) is 7.30. The Kier molecular flexibility index (Phi) is 5.78. The van der Waals surface area contributed by atoms with Crippen LogP contribution in [0, 0.1) is 17.0 Å². The summed E-state index contributed by atoms with van der Waals surface area (Å²) in [5.41, 5.74) is 2.51. The molecular formula is C19H21N3O3S. The molecule has 1 aliphatic heterocycles. The number of piperazine rings is 1. The van der Waals surface area contributed by atoms with Gasteiger partial charge in [-0.1, -0.05) is 12.1 Å². The molecule has 0 atom stereocenters. The van der Waals surface area contributed by atoms with Gasteiger partial charge in [0, 0.05) is 48.9 Å². The van der Waals surface area contributed by atoms with Crippen LogP contribution in [0.15, 0.2) is 53.4 Å². The third-order valence-corrected chi connectivity index (χ3v) is 5.41. The maximum absolute atomic E-state index is 12.4. The van der Waals surface area contributed by atoms with Crippen molar-refractivity contribution < 1.29 is 9.72 Å². The maximum Gasteiger partial charge on any atom is 0.269 e. The van der Waals surface area contributed by atoms with E-state index in [1.54, 1.807) is 12.1 Å². The van der Waals surface area contributed by atoms with Gasteiger partial charge in [0.2, 0.25) is 5.91 Å². The highest BCUT2D eigenvalue weighted by Gasteiger charge is 2.21. The Bertz CT molecular complexity index is 787. The fourth-order valence-corrected chi connectivity index (χ4v) is 3.74. The molecule has 6 nitrogen and oxygen atoms in total. The van der Waals surface area contributed by atoms with Gasteiger partial charge in [0.1, 0.15) is 0 Å². The van der Waals surface area contributed by atoms with Crippen LogP contribution in [-0.2, 0) is 4.79 Å². The van der Waals surface area contributed by atoms with Crippen molar-refractivity contribution >= 4 is 29.0 Å². The fraction of sp³-hybridized carbons (Fsp3) is 0.316. The summed E-state index contributed by atoms with van der Waals surface area (Å²) in [7, 11) is 0. The van der Waals surface area contributed by atoms with Gasteiger partial charge in [0.25, 0.3) is 5.69 Å².